The summed E-state index contributed by atoms with van der Waals surface area (Å²) >= 11 is 0. The van der Waals surface area contributed by atoms with Crippen molar-refractivity contribution < 1.29 is 5.11 Å². The van der Waals surface area contributed by atoms with E-state index in [2.05, 4.69) is 24.1 Å². The molecule has 16 heavy (non-hydrogen) atoms. The van der Waals surface area contributed by atoms with E-state index in [1.807, 2.05) is 17.8 Å². The summed E-state index contributed by atoms with van der Waals surface area (Å²) in [6, 6.07) is 0. The molecule has 0 amide bonds. The number of nitrogens with one attached hydrogen (secondary N) is 1. The van der Waals surface area contributed by atoms with Crippen LogP contribution in [0.1, 0.15) is 32.5 Å². The molecule has 0 aliphatic carbocycles. The van der Waals surface area contributed by atoms with E-state index in [1.54, 1.807) is 6.20 Å². The lowest BCUT2D eigenvalue weighted by molar-refractivity contribution is 0.112. The van der Waals surface area contributed by atoms with Gasteiger partial charge in [0.1, 0.15) is 5.82 Å². The van der Waals surface area contributed by atoms with Crippen LogP contribution in [-0.4, -0.2) is 27.8 Å². The second-order valence-corrected chi connectivity index (χ2v) is 4.42. The third kappa shape index (κ3) is 3.06. The van der Waals surface area contributed by atoms with Gasteiger partial charge in [0.2, 0.25) is 0 Å². The molecular formula is C12H23N3O. The van der Waals surface area contributed by atoms with E-state index in [-0.39, 0.29) is 12.0 Å². The van der Waals surface area contributed by atoms with Gasteiger partial charge < -0.3 is 15.0 Å². The minimum absolute atomic E-state index is 0.0190. The molecule has 0 aromatic carbocycles. The van der Waals surface area contributed by atoms with Crippen molar-refractivity contribution >= 4 is 0 Å². The van der Waals surface area contributed by atoms with Crippen LogP contribution in [0.15, 0.2) is 12.4 Å². The SMILES string of the molecule is CCC(CC)(CO)CNCc1nccn1C. The van der Waals surface area contributed by atoms with E-state index >= 15 is 0 Å². The smallest absolute Gasteiger partial charge is 0.122 e. The first-order valence-electron chi connectivity index (χ1n) is 5.95. The average Bonchev–Trinajstić information content (AvgIpc) is 2.71. The quantitative estimate of drug-likeness (QED) is 0.735. The molecule has 4 heteroatoms. The van der Waals surface area contributed by atoms with Crippen LogP contribution in [0.3, 0.4) is 0 Å². The van der Waals surface area contributed by atoms with Crippen LogP contribution in [0.5, 0.6) is 0 Å². The van der Waals surface area contributed by atoms with Crippen LogP contribution in [0.4, 0.5) is 0 Å². The monoisotopic (exact) mass is 225 g/mol. The van der Waals surface area contributed by atoms with E-state index in [1.165, 1.54) is 0 Å². The minimum atomic E-state index is 0.0190. The van der Waals surface area contributed by atoms with E-state index < -0.39 is 0 Å². The Bertz CT molecular complexity index is 297. The summed E-state index contributed by atoms with van der Waals surface area (Å²) < 4.78 is 2.01. The van der Waals surface area contributed by atoms with E-state index in [0.29, 0.717) is 0 Å². The first-order chi connectivity index (χ1) is 7.67. The van der Waals surface area contributed by atoms with Crippen LogP contribution in [0, 0.1) is 5.41 Å². The predicted molar refractivity (Wildman–Crippen MR) is 65.0 cm³/mol. The first-order valence-corrected chi connectivity index (χ1v) is 5.95. The van der Waals surface area contributed by atoms with Gasteiger partial charge in [-0.05, 0) is 12.8 Å². The topological polar surface area (TPSA) is 50.1 Å². The molecule has 1 aromatic heterocycles. The minimum Gasteiger partial charge on any atom is -0.396 e. The predicted octanol–water partition coefficient (Wildman–Crippen LogP) is 1.31. The molecular weight excluding hydrogens is 202 g/mol. The molecule has 1 heterocycles. The van der Waals surface area contributed by atoms with Gasteiger partial charge in [0.15, 0.2) is 0 Å². The Hall–Kier alpha value is -0.870. The van der Waals surface area contributed by atoms with Crippen LogP contribution < -0.4 is 5.32 Å². The second-order valence-electron chi connectivity index (χ2n) is 4.42. The first kappa shape index (κ1) is 13.2. The summed E-state index contributed by atoms with van der Waals surface area (Å²) in [5.74, 6) is 1.03. The molecule has 0 aliphatic rings. The molecule has 0 unspecified atom stereocenters. The van der Waals surface area contributed by atoms with E-state index in [0.717, 1.165) is 31.8 Å². The summed E-state index contributed by atoms with van der Waals surface area (Å²) in [6.07, 6.45) is 5.73. The molecule has 92 valence electrons. The molecule has 0 atom stereocenters. The van der Waals surface area contributed by atoms with Gasteiger partial charge >= 0.3 is 0 Å². The lowest BCUT2D eigenvalue weighted by Crippen LogP contribution is -2.36. The van der Waals surface area contributed by atoms with Crippen molar-refractivity contribution in [3.63, 3.8) is 0 Å². The average molecular weight is 225 g/mol. The van der Waals surface area contributed by atoms with Gasteiger partial charge in [-0.3, -0.25) is 0 Å². The third-order valence-electron chi connectivity index (χ3n) is 3.54. The third-order valence-corrected chi connectivity index (χ3v) is 3.54. The Labute approximate surface area is 97.7 Å². The molecule has 0 saturated carbocycles. The van der Waals surface area contributed by atoms with E-state index in [4.69, 9.17) is 0 Å². The van der Waals surface area contributed by atoms with Gasteiger partial charge in [-0.2, -0.15) is 0 Å². The van der Waals surface area contributed by atoms with Crippen molar-refractivity contribution in [2.24, 2.45) is 12.5 Å². The van der Waals surface area contributed by atoms with Gasteiger partial charge in [0.25, 0.3) is 0 Å². The van der Waals surface area contributed by atoms with Crippen LogP contribution >= 0.6 is 0 Å². The molecule has 1 rings (SSSR count). The Balaban J connectivity index is 2.42. The molecule has 2 N–H and O–H groups in total. The van der Waals surface area contributed by atoms with Gasteiger partial charge in [-0.1, -0.05) is 13.8 Å². The molecule has 1 aromatic rings. The normalized spacial score (nSPS) is 12.0. The maximum Gasteiger partial charge on any atom is 0.122 e. The van der Waals surface area contributed by atoms with Gasteiger partial charge in [0.05, 0.1) is 6.54 Å². The van der Waals surface area contributed by atoms with Crippen molar-refractivity contribution in [3.05, 3.63) is 18.2 Å². The highest BCUT2D eigenvalue weighted by molar-refractivity contribution is 4.91. The number of aryl methyl sites for hydroxylation is 1. The molecule has 0 fully saturated rings. The maximum absolute atomic E-state index is 9.43. The van der Waals surface area contributed by atoms with Crippen molar-refractivity contribution in [2.45, 2.75) is 33.2 Å². The Morgan fingerprint density at radius 3 is 2.56 bits per heavy atom. The number of imidazole rings is 1. The molecule has 0 radical (unpaired) electrons. The molecule has 0 aliphatic heterocycles. The fourth-order valence-corrected chi connectivity index (χ4v) is 1.79. The highest BCUT2D eigenvalue weighted by Gasteiger charge is 2.24. The van der Waals surface area contributed by atoms with Crippen LogP contribution in [0.25, 0.3) is 0 Å². The lowest BCUT2D eigenvalue weighted by Gasteiger charge is -2.29. The highest BCUT2D eigenvalue weighted by Crippen LogP contribution is 2.24. The zero-order chi connectivity index (χ0) is 12.0. The Kier molecular flexibility index (Phi) is 4.96. The van der Waals surface area contributed by atoms with Crippen LogP contribution in [0.2, 0.25) is 0 Å². The standard InChI is InChI=1S/C12H23N3O/c1-4-12(5-2,10-16)9-13-8-11-14-6-7-15(11)3/h6-7,13,16H,4-5,8-10H2,1-3H3. The number of rotatable bonds is 7. The van der Waals surface area contributed by atoms with Crippen LogP contribution in [-0.2, 0) is 13.6 Å². The summed E-state index contributed by atoms with van der Waals surface area (Å²) in [6.45, 7) is 6.09. The van der Waals surface area contributed by atoms with Gasteiger partial charge in [-0.25, -0.2) is 4.98 Å². The summed E-state index contributed by atoms with van der Waals surface area (Å²) in [7, 11) is 1.99. The fraction of sp³-hybridized carbons (Fsp3) is 0.750. The summed E-state index contributed by atoms with van der Waals surface area (Å²) in [5, 5.41) is 12.8. The number of aromatic nitrogens is 2. The zero-order valence-electron chi connectivity index (χ0n) is 10.5. The second kappa shape index (κ2) is 6.01. The highest BCUT2D eigenvalue weighted by atomic mass is 16.3. The number of aliphatic hydroxyl groups is 1. The number of aliphatic hydroxyl groups excluding tert-OH is 1. The fourth-order valence-electron chi connectivity index (χ4n) is 1.79. The molecule has 4 nitrogen and oxygen atoms in total. The Morgan fingerprint density at radius 2 is 2.12 bits per heavy atom. The lowest BCUT2D eigenvalue weighted by atomic mass is 9.83. The van der Waals surface area contributed by atoms with Crippen molar-refractivity contribution in [1.29, 1.82) is 0 Å². The molecule has 0 bridgehead atoms. The molecule has 0 saturated heterocycles. The Morgan fingerprint density at radius 1 is 1.44 bits per heavy atom. The van der Waals surface area contributed by atoms with Crippen molar-refractivity contribution in [3.8, 4) is 0 Å². The van der Waals surface area contributed by atoms with Crippen molar-refractivity contribution in [1.82, 2.24) is 14.9 Å². The van der Waals surface area contributed by atoms with Crippen molar-refractivity contribution in [2.75, 3.05) is 13.2 Å². The number of hydrogen-bond acceptors (Lipinski definition) is 3. The largest absolute Gasteiger partial charge is 0.396 e. The van der Waals surface area contributed by atoms with Gasteiger partial charge in [0, 0.05) is 38.0 Å². The number of nitrogens with zero attached hydrogens (tertiary/aromatic N) is 2. The maximum atomic E-state index is 9.43. The van der Waals surface area contributed by atoms with Gasteiger partial charge in [-0.15, -0.1) is 0 Å². The number of hydrogen-bond donors (Lipinski definition) is 2. The molecule has 0 spiro atoms. The summed E-state index contributed by atoms with van der Waals surface area (Å²) in [4.78, 5) is 4.25. The van der Waals surface area contributed by atoms with E-state index in [9.17, 15) is 5.11 Å². The zero-order valence-corrected chi connectivity index (χ0v) is 10.5. The summed E-state index contributed by atoms with van der Waals surface area (Å²) in [5.41, 5.74) is 0.0190.